The van der Waals surface area contributed by atoms with Gasteiger partial charge >= 0.3 is 0 Å². The highest BCUT2D eigenvalue weighted by atomic mass is 16.3. The lowest BCUT2D eigenvalue weighted by molar-refractivity contribution is 0.469. The van der Waals surface area contributed by atoms with E-state index in [1.165, 1.54) is 24.8 Å². The van der Waals surface area contributed by atoms with Crippen LogP contribution in [0.4, 0.5) is 5.69 Å². The summed E-state index contributed by atoms with van der Waals surface area (Å²) < 4.78 is 0. The van der Waals surface area contributed by atoms with Crippen molar-refractivity contribution in [1.29, 1.82) is 0 Å². The Morgan fingerprint density at radius 3 is 2.40 bits per heavy atom. The van der Waals surface area contributed by atoms with Crippen molar-refractivity contribution in [3.05, 3.63) is 59.7 Å². The quantitative estimate of drug-likeness (QED) is 0.712. The van der Waals surface area contributed by atoms with Crippen molar-refractivity contribution in [3.63, 3.8) is 0 Å². The number of phenols is 1. The molecule has 0 aliphatic heterocycles. The first-order chi connectivity index (χ1) is 9.79. The van der Waals surface area contributed by atoms with Crippen LogP contribution in [0.3, 0.4) is 0 Å². The minimum absolute atomic E-state index is 0.344. The van der Waals surface area contributed by atoms with Gasteiger partial charge in [0.15, 0.2) is 0 Å². The van der Waals surface area contributed by atoms with Gasteiger partial charge in [-0.25, -0.2) is 0 Å². The van der Waals surface area contributed by atoms with E-state index >= 15 is 0 Å². The van der Waals surface area contributed by atoms with Gasteiger partial charge in [0, 0.05) is 17.8 Å². The van der Waals surface area contributed by atoms with Crippen LogP contribution in [-0.2, 0) is 13.0 Å². The molecule has 0 amide bonds. The van der Waals surface area contributed by atoms with Crippen LogP contribution in [0, 0.1) is 0 Å². The third-order valence-corrected chi connectivity index (χ3v) is 3.50. The molecule has 0 spiro atoms. The van der Waals surface area contributed by atoms with E-state index in [0.717, 1.165) is 17.7 Å². The molecule has 0 saturated carbocycles. The first-order valence-corrected chi connectivity index (χ1v) is 7.39. The van der Waals surface area contributed by atoms with Gasteiger partial charge in [0.2, 0.25) is 0 Å². The lowest BCUT2D eigenvalue weighted by Gasteiger charge is -2.09. The summed E-state index contributed by atoms with van der Waals surface area (Å²) in [6.07, 6.45) is 4.99. The summed E-state index contributed by atoms with van der Waals surface area (Å²) >= 11 is 0. The molecule has 0 aliphatic carbocycles. The van der Waals surface area contributed by atoms with E-state index in [-0.39, 0.29) is 0 Å². The van der Waals surface area contributed by atoms with Crippen LogP contribution < -0.4 is 5.32 Å². The average Bonchev–Trinajstić information content (AvgIpc) is 2.48. The summed E-state index contributed by atoms with van der Waals surface area (Å²) in [6, 6.07) is 16.0. The summed E-state index contributed by atoms with van der Waals surface area (Å²) in [7, 11) is 0. The van der Waals surface area contributed by atoms with Crippen LogP contribution >= 0.6 is 0 Å². The zero-order valence-electron chi connectivity index (χ0n) is 12.1. The van der Waals surface area contributed by atoms with Crippen LogP contribution in [0.25, 0.3) is 0 Å². The van der Waals surface area contributed by atoms with E-state index in [2.05, 4.69) is 36.5 Å². The highest BCUT2D eigenvalue weighted by Crippen LogP contribution is 2.18. The number of anilines is 1. The Kier molecular flexibility index (Phi) is 5.48. The highest BCUT2D eigenvalue weighted by Gasteiger charge is 1.99. The summed E-state index contributed by atoms with van der Waals surface area (Å²) in [5.74, 6) is 0.344. The third-order valence-electron chi connectivity index (χ3n) is 3.50. The Morgan fingerprint density at radius 2 is 1.70 bits per heavy atom. The summed E-state index contributed by atoms with van der Waals surface area (Å²) in [6.45, 7) is 2.87. The SMILES string of the molecule is CCCCCc1ccc(NCc2ccccc2O)cc1. The van der Waals surface area contributed by atoms with Gasteiger partial charge in [-0.05, 0) is 36.6 Å². The summed E-state index contributed by atoms with van der Waals surface area (Å²) in [5.41, 5.74) is 3.40. The van der Waals surface area contributed by atoms with Crippen LogP contribution in [0.2, 0.25) is 0 Å². The van der Waals surface area contributed by atoms with Gasteiger partial charge in [-0.2, -0.15) is 0 Å². The maximum absolute atomic E-state index is 9.71. The maximum Gasteiger partial charge on any atom is 0.120 e. The van der Waals surface area contributed by atoms with E-state index < -0.39 is 0 Å². The first-order valence-electron chi connectivity index (χ1n) is 7.39. The Hall–Kier alpha value is -1.96. The molecule has 2 N–H and O–H groups in total. The minimum atomic E-state index is 0.344. The molecular weight excluding hydrogens is 246 g/mol. The van der Waals surface area contributed by atoms with E-state index in [1.54, 1.807) is 6.07 Å². The zero-order valence-corrected chi connectivity index (χ0v) is 12.1. The molecule has 0 aliphatic rings. The molecule has 0 fully saturated rings. The first kappa shape index (κ1) is 14.4. The van der Waals surface area contributed by atoms with Crippen molar-refractivity contribution in [2.75, 3.05) is 5.32 Å². The fourth-order valence-electron chi connectivity index (χ4n) is 2.23. The molecule has 0 radical (unpaired) electrons. The van der Waals surface area contributed by atoms with Crippen molar-refractivity contribution in [2.24, 2.45) is 0 Å². The van der Waals surface area contributed by atoms with Crippen molar-refractivity contribution in [2.45, 2.75) is 39.2 Å². The molecule has 2 aromatic carbocycles. The second-order valence-corrected chi connectivity index (χ2v) is 5.14. The second kappa shape index (κ2) is 7.59. The second-order valence-electron chi connectivity index (χ2n) is 5.14. The molecule has 2 heteroatoms. The number of hydrogen-bond acceptors (Lipinski definition) is 2. The predicted octanol–water partition coefficient (Wildman–Crippen LogP) is 4.74. The lowest BCUT2D eigenvalue weighted by Crippen LogP contribution is -1.99. The number of benzene rings is 2. The van der Waals surface area contributed by atoms with Gasteiger partial charge in [0.05, 0.1) is 0 Å². The van der Waals surface area contributed by atoms with E-state index in [4.69, 9.17) is 0 Å². The molecule has 2 nitrogen and oxygen atoms in total. The molecule has 0 bridgehead atoms. The zero-order chi connectivity index (χ0) is 14.2. The largest absolute Gasteiger partial charge is 0.508 e. The van der Waals surface area contributed by atoms with E-state index in [9.17, 15) is 5.11 Å². The number of hydrogen-bond donors (Lipinski definition) is 2. The number of rotatable bonds is 7. The van der Waals surface area contributed by atoms with E-state index in [0.29, 0.717) is 12.3 Å². The molecular formula is C18H23NO. The van der Waals surface area contributed by atoms with Crippen LogP contribution in [0.15, 0.2) is 48.5 Å². The van der Waals surface area contributed by atoms with Crippen LogP contribution in [0.1, 0.15) is 37.3 Å². The lowest BCUT2D eigenvalue weighted by atomic mass is 10.1. The Balaban J connectivity index is 1.86. The fourth-order valence-corrected chi connectivity index (χ4v) is 2.23. The van der Waals surface area contributed by atoms with Gasteiger partial charge in [0.25, 0.3) is 0 Å². The molecule has 0 saturated heterocycles. The average molecular weight is 269 g/mol. The molecule has 106 valence electrons. The fraction of sp³-hybridized carbons (Fsp3) is 0.333. The topological polar surface area (TPSA) is 32.3 Å². The predicted molar refractivity (Wildman–Crippen MR) is 85.1 cm³/mol. The molecule has 0 aromatic heterocycles. The third kappa shape index (κ3) is 4.30. The van der Waals surface area contributed by atoms with Gasteiger partial charge in [0.1, 0.15) is 5.75 Å². The number of nitrogens with one attached hydrogen (secondary N) is 1. The molecule has 0 unspecified atom stereocenters. The molecule has 2 rings (SSSR count). The van der Waals surface area contributed by atoms with Gasteiger partial charge in [-0.3, -0.25) is 0 Å². The Morgan fingerprint density at radius 1 is 0.950 bits per heavy atom. The number of aryl methyl sites for hydroxylation is 1. The summed E-state index contributed by atoms with van der Waals surface area (Å²) in [4.78, 5) is 0. The number of para-hydroxylation sites is 1. The number of phenolic OH excluding ortho intramolecular Hbond substituents is 1. The monoisotopic (exact) mass is 269 g/mol. The Bertz CT molecular complexity index is 519. The van der Waals surface area contributed by atoms with Crippen LogP contribution in [0.5, 0.6) is 5.75 Å². The normalized spacial score (nSPS) is 10.4. The number of aromatic hydroxyl groups is 1. The summed E-state index contributed by atoms with van der Waals surface area (Å²) in [5, 5.41) is 13.0. The number of unbranched alkanes of at least 4 members (excludes halogenated alkanes) is 2. The standard InChI is InChI=1S/C18H23NO/c1-2-3-4-7-15-10-12-17(13-11-15)19-14-16-8-5-6-9-18(16)20/h5-6,8-13,19-20H,2-4,7,14H2,1H3. The molecule has 0 heterocycles. The van der Waals surface area contributed by atoms with Crippen LogP contribution in [-0.4, -0.2) is 5.11 Å². The minimum Gasteiger partial charge on any atom is -0.508 e. The van der Waals surface area contributed by atoms with Crippen molar-refractivity contribution < 1.29 is 5.11 Å². The van der Waals surface area contributed by atoms with Crippen molar-refractivity contribution in [1.82, 2.24) is 0 Å². The van der Waals surface area contributed by atoms with Gasteiger partial charge in [-0.15, -0.1) is 0 Å². The maximum atomic E-state index is 9.71. The van der Waals surface area contributed by atoms with Gasteiger partial charge < -0.3 is 10.4 Å². The van der Waals surface area contributed by atoms with Crippen molar-refractivity contribution in [3.8, 4) is 5.75 Å². The molecule has 20 heavy (non-hydrogen) atoms. The van der Waals surface area contributed by atoms with Gasteiger partial charge in [-0.1, -0.05) is 50.1 Å². The highest BCUT2D eigenvalue weighted by molar-refractivity contribution is 5.46. The molecule has 2 aromatic rings. The Labute approximate surface area is 121 Å². The molecule has 0 atom stereocenters. The van der Waals surface area contributed by atoms with Crippen molar-refractivity contribution >= 4 is 5.69 Å². The smallest absolute Gasteiger partial charge is 0.120 e. The van der Waals surface area contributed by atoms with E-state index in [1.807, 2.05) is 18.2 Å².